The van der Waals surface area contributed by atoms with Gasteiger partial charge in [0.2, 0.25) is 0 Å². The van der Waals surface area contributed by atoms with Gasteiger partial charge in [0.05, 0.1) is 42.9 Å². The second kappa shape index (κ2) is 10.7. The highest BCUT2D eigenvalue weighted by atomic mass is 16.5. The molecule has 0 N–H and O–H groups in total. The number of benzene rings is 2. The maximum Gasteiger partial charge on any atom is 0.267 e. The molecule has 0 aliphatic heterocycles. The number of hydrogen-bond donors (Lipinski definition) is 0. The van der Waals surface area contributed by atoms with E-state index in [1.165, 1.54) is 17.2 Å². The monoisotopic (exact) mass is 492 g/mol. The highest BCUT2D eigenvalue weighted by Gasteiger charge is 2.37. The van der Waals surface area contributed by atoms with Crippen molar-refractivity contribution in [3.05, 3.63) is 94.5 Å². The standard InChI is InChI=1S/C29H28N6O2/c1-34(2)18-24-13-25(24)19-37-26-15-31-29(32-16-26)23-8-4-6-21(12-23)17-35-28(36)10-9-27(33-35)22-7-3-5-20(11-22)14-30/h3-12,15-16,24-25H,13,17-19H2,1-2H3/t24-,25-/m1/s1. The van der Waals surface area contributed by atoms with E-state index in [9.17, 15) is 10.1 Å². The SMILES string of the molecule is CN(C)C[C@H]1C[C@@H]1COc1cnc(-c2cccc(Cn3nc(-c4cccc(C#N)c4)ccc3=O)c2)nc1. The highest BCUT2D eigenvalue weighted by molar-refractivity contribution is 5.60. The first-order chi connectivity index (χ1) is 18.0. The lowest BCUT2D eigenvalue weighted by atomic mass is 10.1. The predicted molar refractivity (Wildman–Crippen MR) is 141 cm³/mol. The molecule has 0 radical (unpaired) electrons. The van der Waals surface area contributed by atoms with Crippen LogP contribution in [-0.2, 0) is 6.54 Å². The first-order valence-electron chi connectivity index (χ1n) is 12.3. The van der Waals surface area contributed by atoms with E-state index in [0.717, 1.165) is 23.2 Å². The third-order valence-corrected chi connectivity index (χ3v) is 6.43. The minimum absolute atomic E-state index is 0.202. The van der Waals surface area contributed by atoms with E-state index >= 15 is 0 Å². The average Bonchev–Trinajstić information content (AvgIpc) is 3.66. The van der Waals surface area contributed by atoms with Crippen molar-refractivity contribution in [1.82, 2.24) is 24.6 Å². The molecule has 4 aromatic rings. The molecule has 1 aliphatic carbocycles. The van der Waals surface area contributed by atoms with Gasteiger partial charge in [0.1, 0.15) is 0 Å². The fourth-order valence-electron chi connectivity index (χ4n) is 4.40. The molecule has 186 valence electrons. The molecule has 37 heavy (non-hydrogen) atoms. The summed E-state index contributed by atoms with van der Waals surface area (Å²) >= 11 is 0. The smallest absolute Gasteiger partial charge is 0.267 e. The summed E-state index contributed by atoms with van der Waals surface area (Å²) in [4.78, 5) is 23.7. The number of nitriles is 1. The first-order valence-corrected chi connectivity index (χ1v) is 12.3. The van der Waals surface area contributed by atoms with Crippen LogP contribution in [0.1, 0.15) is 17.5 Å². The molecule has 0 amide bonds. The van der Waals surface area contributed by atoms with Crippen LogP contribution in [-0.4, -0.2) is 51.9 Å². The van der Waals surface area contributed by atoms with Crippen LogP contribution in [0.15, 0.2) is 77.9 Å². The molecule has 5 rings (SSSR count). The summed E-state index contributed by atoms with van der Waals surface area (Å²) in [6.45, 7) is 2.09. The quantitative estimate of drug-likeness (QED) is 0.350. The molecule has 2 heterocycles. The second-order valence-electron chi connectivity index (χ2n) is 9.68. The Morgan fingerprint density at radius 2 is 1.81 bits per heavy atom. The highest BCUT2D eigenvalue weighted by Crippen LogP contribution is 2.39. The summed E-state index contributed by atoms with van der Waals surface area (Å²) in [5.41, 5.74) is 3.51. The molecule has 1 saturated carbocycles. The lowest BCUT2D eigenvalue weighted by molar-refractivity contribution is 0.279. The van der Waals surface area contributed by atoms with E-state index in [1.807, 2.05) is 30.3 Å². The molecule has 1 aliphatic rings. The van der Waals surface area contributed by atoms with Crippen molar-refractivity contribution >= 4 is 0 Å². The van der Waals surface area contributed by atoms with Crippen LogP contribution in [0.3, 0.4) is 0 Å². The topological polar surface area (TPSA) is 96.9 Å². The third kappa shape index (κ3) is 6.08. The number of nitrogens with zero attached hydrogens (tertiary/aromatic N) is 6. The summed E-state index contributed by atoms with van der Waals surface area (Å²) in [5, 5.41) is 13.7. The lowest BCUT2D eigenvalue weighted by Gasteiger charge is -2.10. The number of ether oxygens (including phenoxy) is 1. The van der Waals surface area contributed by atoms with Crippen LogP contribution in [0.5, 0.6) is 5.75 Å². The van der Waals surface area contributed by atoms with Gasteiger partial charge >= 0.3 is 0 Å². The minimum Gasteiger partial charge on any atom is -0.490 e. The zero-order valence-electron chi connectivity index (χ0n) is 20.9. The maximum atomic E-state index is 12.5. The van der Waals surface area contributed by atoms with Gasteiger partial charge in [-0.3, -0.25) is 4.79 Å². The Morgan fingerprint density at radius 3 is 2.59 bits per heavy atom. The zero-order valence-corrected chi connectivity index (χ0v) is 20.9. The third-order valence-electron chi connectivity index (χ3n) is 6.43. The normalized spacial score (nSPS) is 16.4. The summed E-state index contributed by atoms with van der Waals surface area (Å²) in [5.74, 6) is 2.57. The van der Waals surface area contributed by atoms with Gasteiger partial charge in [-0.05, 0) is 62.2 Å². The number of hydrogen-bond acceptors (Lipinski definition) is 7. The summed E-state index contributed by atoms with van der Waals surface area (Å²) < 4.78 is 7.33. The van der Waals surface area contributed by atoms with Gasteiger partial charge < -0.3 is 9.64 Å². The summed E-state index contributed by atoms with van der Waals surface area (Å²) in [6.07, 6.45) is 4.63. The van der Waals surface area contributed by atoms with E-state index in [-0.39, 0.29) is 5.56 Å². The fourth-order valence-corrected chi connectivity index (χ4v) is 4.40. The number of aromatic nitrogens is 4. The average molecular weight is 493 g/mol. The van der Waals surface area contributed by atoms with Crippen LogP contribution in [0.25, 0.3) is 22.6 Å². The van der Waals surface area contributed by atoms with Crippen LogP contribution in [0, 0.1) is 23.2 Å². The van der Waals surface area contributed by atoms with Crippen molar-refractivity contribution in [1.29, 1.82) is 5.26 Å². The van der Waals surface area contributed by atoms with Crippen LogP contribution >= 0.6 is 0 Å². The maximum absolute atomic E-state index is 12.5. The molecule has 0 saturated heterocycles. The Hall–Kier alpha value is -4.35. The van der Waals surface area contributed by atoms with Crippen LogP contribution in [0.2, 0.25) is 0 Å². The van der Waals surface area contributed by atoms with Crippen molar-refractivity contribution in [2.24, 2.45) is 11.8 Å². The summed E-state index contributed by atoms with van der Waals surface area (Å²) in [6, 6.07) is 20.2. The predicted octanol–water partition coefficient (Wildman–Crippen LogP) is 3.86. The van der Waals surface area contributed by atoms with Crippen molar-refractivity contribution in [2.75, 3.05) is 27.2 Å². The van der Waals surface area contributed by atoms with Crippen molar-refractivity contribution in [3.63, 3.8) is 0 Å². The van der Waals surface area contributed by atoms with E-state index in [1.54, 1.807) is 36.7 Å². The summed E-state index contributed by atoms with van der Waals surface area (Å²) in [7, 11) is 4.20. The van der Waals surface area contributed by atoms with Crippen LogP contribution < -0.4 is 10.3 Å². The zero-order chi connectivity index (χ0) is 25.8. The molecule has 2 atom stereocenters. The van der Waals surface area contributed by atoms with Gasteiger partial charge in [-0.25, -0.2) is 14.6 Å². The van der Waals surface area contributed by atoms with Crippen LogP contribution in [0.4, 0.5) is 0 Å². The molecule has 2 aromatic heterocycles. The molecular weight excluding hydrogens is 464 g/mol. The van der Waals surface area contributed by atoms with E-state index < -0.39 is 0 Å². The lowest BCUT2D eigenvalue weighted by Crippen LogP contribution is -2.22. The second-order valence-corrected chi connectivity index (χ2v) is 9.68. The molecule has 0 bridgehead atoms. The molecule has 0 spiro atoms. The Kier molecular flexibility index (Phi) is 7.06. The number of rotatable bonds is 9. The molecule has 0 unspecified atom stereocenters. The van der Waals surface area contributed by atoms with Crippen molar-refractivity contribution in [3.8, 4) is 34.5 Å². The Balaban J connectivity index is 1.27. The molecule has 8 heteroatoms. The first kappa shape index (κ1) is 24.3. The molecule has 2 aromatic carbocycles. The Bertz CT molecular complexity index is 1490. The minimum atomic E-state index is -0.202. The Morgan fingerprint density at radius 1 is 1.03 bits per heavy atom. The van der Waals surface area contributed by atoms with E-state index in [0.29, 0.717) is 47.8 Å². The van der Waals surface area contributed by atoms with Gasteiger partial charge in [-0.1, -0.05) is 30.3 Å². The van der Waals surface area contributed by atoms with Crippen molar-refractivity contribution in [2.45, 2.75) is 13.0 Å². The fraction of sp³-hybridized carbons (Fsp3) is 0.276. The Labute approximate surface area is 215 Å². The van der Waals surface area contributed by atoms with Gasteiger partial charge in [-0.15, -0.1) is 0 Å². The van der Waals surface area contributed by atoms with Gasteiger partial charge in [-0.2, -0.15) is 10.4 Å². The van der Waals surface area contributed by atoms with E-state index in [2.05, 4.69) is 40.1 Å². The molecular formula is C29H28N6O2. The van der Waals surface area contributed by atoms with Gasteiger partial charge in [0.15, 0.2) is 11.6 Å². The molecule has 1 fully saturated rings. The van der Waals surface area contributed by atoms with Crippen molar-refractivity contribution < 1.29 is 4.74 Å². The van der Waals surface area contributed by atoms with Gasteiger partial charge in [0, 0.05) is 23.7 Å². The largest absolute Gasteiger partial charge is 0.490 e. The van der Waals surface area contributed by atoms with E-state index in [4.69, 9.17) is 4.74 Å². The molecule has 8 nitrogen and oxygen atoms in total. The van der Waals surface area contributed by atoms with Gasteiger partial charge in [0.25, 0.3) is 5.56 Å².